The highest BCUT2D eigenvalue weighted by molar-refractivity contribution is 5.46. The molecule has 38 heavy (non-hydrogen) atoms. The van der Waals surface area contributed by atoms with E-state index < -0.39 is 0 Å². The van der Waals surface area contributed by atoms with Crippen molar-refractivity contribution in [3.05, 3.63) is 113 Å². The predicted octanol–water partition coefficient (Wildman–Crippen LogP) is 7.47. The summed E-state index contributed by atoms with van der Waals surface area (Å²) in [5.74, 6) is 1.55. The molecule has 1 saturated carbocycles. The summed E-state index contributed by atoms with van der Waals surface area (Å²) in [6.45, 7) is 10.6. The molecule has 0 spiro atoms. The lowest BCUT2D eigenvalue weighted by atomic mass is 9.91. The minimum Gasteiger partial charge on any atom is -0.516 e. The molecule has 4 rings (SSSR count). The Labute approximate surface area is 228 Å². The fourth-order valence-electron chi connectivity index (χ4n) is 4.81. The van der Waals surface area contributed by atoms with Crippen LogP contribution in [-0.2, 0) is 17.9 Å². The standard InChI is InChI=1S/C21H26N2O.C10H14O.C2H4O/c24-16-22-14-17-10-12-18(13-11-17)15-23-21(20-8-4-5-9-20)19-6-2-1-3-7-19;1-7(2)9-6-8(3)4-5-10(9)11;1-2-3/h1-3,6-7,10-13,16,20-21,23H,4-5,8-9,14-15H2,(H,22,24);4-7,11H,1-3H3;2-3H,1H2. The van der Waals surface area contributed by atoms with Crippen molar-refractivity contribution in [1.82, 2.24) is 10.6 Å². The number of aliphatic hydroxyl groups excluding tert-OH is 1. The maximum atomic E-state index is 10.4. The van der Waals surface area contributed by atoms with Crippen LogP contribution in [0.2, 0.25) is 0 Å². The van der Waals surface area contributed by atoms with E-state index in [0.29, 0.717) is 24.3 Å². The lowest BCUT2D eigenvalue weighted by Crippen LogP contribution is -2.26. The van der Waals surface area contributed by atoms with Crippen molar-refractivity contribution >= 4 is 6.41 Å². The average molecular weight is 517 g/mol. The van der Waals surface area contributed by atoms with Gasteiger partial charge in [0.2, 0.25) is 6.41 Å². The number of aryl methyl sites for hydroxylation is 1. The van der Waals surface area contributed by atoms with Crippen molar-refractivity contribution in [3.63, 3.8) is 0 Å². The number of amides is 1. The first-order valence-corrected chi connectivity index (χ1v) is 13.5. The van der Waals surface area contributed by atoms with Crippen molar-refractivity contribution in [2.45, 2.75) is 71.5 Å². The van der Waals surface area contributed by atoms with Gasteiger partial charge in [0, 0.05) is 19.1 Å². The molecule has 1 atom stereocenters. The summed E-state index contributed by atoms with van der Waals surface area (Å²) in [5, 5.41) is 23.2. The van der Waals surface area contributed by atoms with Crippen LogP contribution in [0.1, 0.15) is 79.3 Å². The van der Waals surface area contributed by atoms with Crippen LogP contribution in [0.3, 0.4) is 0 Å². The first-order valence-electron chi connectivity index (χ1n) is 13.5. The number of phenolic OH excluding ortho intramolecular Hbond substituents is 1. The highest BCUT2D eigenvalue weighted by Crippen LogP contribution is 2.35. The van der Waals surface area contributed by atoms with Crippen LogP contribution in [0.25, 0.3) is 0 Å². The highest BCUT2D eigenvalue weighted by atomic mass is 16.3. The molecule has 0 aliphatic heterocycles. The first kappa shape index (κ1) is 30.7. The Balaban J connectivity index is 0.000000302. The summed E-state index contributed by atoms with van der Waals surface area (Å²) < 4.78 is 0. The van der Waals surface area contributed by atoms with E-state index in [-0.39, 0.29) is 0 Å². The van der Waals surface area contributed by atoms with E-state index in [9.17, 15) is 9.90 Å². The minimum atomic E-state index is 0.398. The maximum Gasteiger partial charge on any atom is 0.207 e. The summed E-state index contributed by atoms with van der Waals surface area (Å²) in [6.07, 6.45) is 6.84. The number of hydrogen-bond donors (Lipinski definition) is 4. The van der Waals surface area contributed by atoms with Gasteiger partial charge < -0.3 is 20.8 Å². The number of rotatable bonds is 9. The minimum absolute atomic E-state index is 0.398. The van der Waals surface area contributed by atoms with Gasteiger partial charge in [0.1, 0.15) is 5.75 Å². The number of carbonyl (C=O) groups excluding carboxylic acids is 1. The lowest BCUT2D eigenvalue weighted by molar-refractivity contribution is -0.109. The maximum absolute atomic E-state index is 10.4. The number of aromatic hydroxyl groups is 1. The number of hydrogen-bond acceptors (Lipinski definition) is 4. The summed E-state index contributed by atoms with van der Waals surface area (Å²) >= 11 is 0. The van der Waals surface area contributed by atoms with Gasteiger partial charge in [0.25, 0.3) is 0 Å². The zero-order chi connectivity index (χ0) is 27.8. The molecule has 1 aliphatic rings. The first-order chi connectivity index (χ1) is 18.4. The third kappa shape index (κ3) is 10.4. The van der Waals surface area contributed by atoms with E-state index >= 15 is 0 Å². The number of carbonyl (C=O) groups is 1. The van der Waals surface area contributed by atoms with Crippen LogP contribution >= 0.6 is 0 Å². The topological polar surface area (TPSA) is 81.6 Å². The van der Waals surface area contributed by atoms with Gasteiger partial charge in [0.05, 0.1) is 6.26 Å². The molecule has 0 aromatic heterocycles. The molecule has 1 unspecified atom stereocenters. The second kappa shape index (κ2) is 17.0. The zero-order valence-electron chi connectivity index (χ0n) is 23.1. The van der Waals surface area contributed by atoms with Crippen LogP contribution in [0.5, 0.6) is 5.75 Å². The normalized spacial score (nSPS) is 13.5. The second-order valence-electron chi connectivity index (χ2n) is 10.0. The quantitative estimate of drug-likeness (QED) is 0.176. The van der Waals surface area contributed by atoms with Gasteiger partial charge in [-0.05, 0) is 59.9 Å². The van der Waals surface area contributed by atoms with Crippen molar-refractivity contribution < 1.29 is 15.0 Å². The predicted molar refractivity (Wildman–Crippen MR) is 157 cm³/mol. The Hall–Kier alpha value is -3.57. The number of benzene rings is 3. The van der Waals surface area contributed by atoms with Crippen molar-refractivity contribution in [2.75, 3.05) is 0 Å². The van der Waals surface area contributed by atoms with E-state index in [4.69, 9.17) is 5.11 Å². The van der Waals surface area contributed by atoms with Gasteiger partial charge in [-0.25, -0.2) is 0 Å². The van der Waals surface area contributed by atoms with Gasteiger partial charge in [0.15, 0.2) is 0 Å². The molecule has 1 aliphatic carbocycles. The van der Waals surface area contributed by atoms with Crippen molar-refractivity contribution in [1.29, 1.82) is 0 Å². The van der Waals surface area contributed by atoms with Crippen molar-refractivity contribution in [2.24, 2.45) is 5.92 Å². The van der Waals surface area contributed by atoms with E-state index in [1.54, 1.807) is 6.07 Å². The smallest absolute Gasteiger partial charge is 0.207 e. The molecule has 0 saturated heterocycles. The average Bonchev–Trinajstić information content (AvgIpc) is 3.46. The van der Waals surface area contributed by atoms with Gasteiger partial charge in [-0.1, -0.05) is 106 Å². The summed E-state index contributed by atoms with van der Waals surface area (Å²) in [6, 6.07) is 25.4. The fraction of sp³-hybridized carbons (Fsp3) is 0.364. The monoisotopic (exact) mass is 516 g/mol. The molecule has 4 N–H and O–H groups in total. The number of nitrogens with one attached hydrogen (secondary N) is 2. The summed E-state index contributed by atoms with van der Waals surface area (Å²) in [4.78, 5) is 10.4. The Kier molecular flexibility index (Phi) is 13.7. The van der Waals surface area contributed by atoms with E-state index in [2.05, 4.69) is 85.7 Å². The molecular formula is C33H44N2O3. The van der Waals surface area contributed by atoms with Crippen LogP contribution in [0.4, 0.5) is 0 Å². The Morgan fingerprint density at radius 3 is 2.05 bits per heavy atom. The molecule has 3 aromatic rings. The second-order valence-corrected chi connectivity index (χ2v) is 10.0. The van der Waals surface area contributed by atoms with Crippen molar-refractivity contribution in [3.8, 4) is 5.75 Å². The Morgan fingerprint density at radius 1 is 0.947 bits per heavy atom. The fourth-order valence-corrected chi connectivity index (χ4v) is 4.81. The molecule has 1 fully saturated rings. The molecule has 1 amide bonds. The molecule has 0 radical (unpaired) electrons. The summed E-state index contributed by atoms with van der Waals surface area (Å²) in [5.41, 5.74) is 6.04. The van der Waals surface area contributed by atoms with E-state index in [1.165, 1.54) is 42.4 Å². The van der Waals surface area contributed by atoms with Gasteiger partial charge >= 0.3 is 0 Å². The number of phenols is 1. The molecule has 204 valence electrons. The van der Waals surface area contributed by atoms with Gasteiger partial charge in [-0.2, -0.15) is 0 Å². The molecule has 5 heteroatoms. The molecule has 0 bridgehead atoms. The highest BCUT2D eigenvalue weighted by Gasteiger charge is 2.25. The largest absolute Gasteiger partial charge is 0.516 e. The molecule has 5 nitrogen and oxygen atoms in total. The number of aliphatic hydroxyl groups is 1. The van der Waals surface area contributed by atoms with Crippen LogP contribution < -0.4 is 10.6 Å². The van der Waals surface area contributed by atoms with Crippen LogP contribution in [0, 0.1) is 12.8 Å². The lowest BCUT2D eigenvalue weighted by Gasteiger charge is -2.25. The SMILES string of the molecule is C=CO.Cc1ccc(O)c(C(C)C)c1.O=CNCc1ccc(CNC(c2ccccc2)C2CCCC2)cc1. The van der Waals surface area contributed by atoms with Gasteiger partial charge in [-0.3, -0.25) is 4.79 Å². The third-order valence-electron chi connectivity index (χ3n) is 6.77. The Morgan fingerprint density at radius 2 is 1.53 bits per heavy atom. The molecule has 0 heterocycles. The van der Waals surface area contributed by atoms with Crippen LogP contribution in [-0.4, -0.2) is 16.6 Å². The molecular weight excluding hydrogens is 472 g/mol. The van der Waals surface area contributed by atoms with E-state index in [1.807, 2.05) is 19.1 Å². The Bertz CT molecular complexity index is 1080. The zero-order valence-corrected chi connectivity index (χ0v) is 23.1. The molecule has 3 aromatic carbocycles. The third-order valence-corrected chi connectivity index (χ3v) is 6.77. The van der Waals surface area contributed by atoms with Gasteiger partial charge in [-0.15, -0.1) is 0 Å². The summed E-state index contributed by atoms with van der Waals surface area (Å²) in [7, 11) is 0. The van der Waals surface area contributed by atoms with E-state index in [0.717, 1.165) is 36.3 Å². The van der Waals surface area contributed by atoms with Crippen LogP contribution in [0.15, 0.2) is 85.6 Å².